The average Bonchev–Trinajstić information content (AvgIpc) is 2.83. The van der Waals surface area contributed by atoms with Gasteiger partial charge < -0.3 is 9.47 Å². The van der Waals surface area contributed by atoms with Crippen LogP contribution in [0.4, 0.5) is 0 Å². The zero-order chi connectivity index (χ0) is 22.3. The zero-order valence-corrected chi connectivity index (χ0v) is 19.0. The van der Waals surface area contributed by atoms with Gasteiger partial charge in [-0.2, -0.15) is 5.10 Å². The lowest BCUT2D eigenvalue weighted by Gasteiger charge is -2.13. The van der Waals surface area contributed by atoms with E-state index in [1.807, 2.05) is 72.8 Å². The van der Waals surface area contributed by atoms with E-state index in [4.69, 9.17) is 9.47 Å². The summed E-state index contributed by atoms with van der Waals surface area (Å²) in [6.45, 7) is 0.422. The van der Waals surface area contributed by atoms with Crippen molar-refractivity contribution in [2.45, 2.75) is 6.61 Å². The van der Waals surface area contributed by atoms with Gasteiger partial charge in [0.1, 0.15) is 6.61 Å². The molecule has 1 N–H and O–H groups in total. The Bertz CT molecular complexity index is 1270. The van der Waals surface area contributed by atoms with E-state index in [1.54, 1.807) is 25.5 Å². The molecule has 0 aliphatic rings. The van der Waals surface area contributed by atoms with Gasteiger partial charge in [-0.3, -0.25) is 4.79 Å². The number of hydrogen-bond donors (Lipinski definition) is 1. The van der Waals surface area contributed by atoms with Crippen LogP contribution < -0.4 is 14.9 Å². The van der Waals surface area contributed by atoms with Crippen LogP contribution in [0, 0.1) is 0 Å². The van der Waals surface area contributed by atoms with E-state index in [-0.39, 0.29) is 5.91 Å². The minimum absolute atomic E-state index is 0.277. The molecule has 0 atom stereocenters. The average molecular weight is 489 g/mol. The number of carbonyl (C=O) groups excluding carboxylic acids is 1. The molecule has 0 unspecified atom stereocenters. The van der Waals surface area contributed by atoms with E-state index in [2.05, 4.69) is 26.5 Å². The fourth-order valence-corrected chi connectivity index (χ4v) is 3.82. The predicted octanol–water partition coefficient (Wildman–Crippen LogP) is 5.95. The van der Waals surface area contributed by atoms with Crippen molar-refractivity contribution in [3.63, 3.8) is 0 Å². The van der Waals surface area contributed by atoms with Crippen molar-refractivity contribution in [3.05, 3.63) is 106 Å². The van der Waals surface area contributed by atoms with Crippen LogP contribution >= 0.6 is 15.9 Å². The van der Waals surface area contributed by atoms with Crippen LogP contribution in [0.2, 0.25) is 0 Å². The highest BCUT2D eigenvalue weighted by Gasteiger charge is 2.12. The maximum Gasteiger partial charge on any atom is 0.271 e. The number of benzene rings is 4. The number of nitrogens with one attached hydrogen (secondary N) is 1. The molecule has 6 heteroatoms. The number of methoxy groups -OCH3 is 1. The number of fused-ring (bicyclic) bond motifs is 1. The van der Waals surface area contributed by atoms with Crippen molar-refractivity contribution in [3.8, 4) is 11.5 Å². The standard InChI is InChI=1S/C26H21BrN2O3/c1-31-24-14-19(13-23(27)25(24)32-17-18-7-3-2-4-8-18)16-28-29-26(30)22-12-11-20-9-5-6-10-21(20)15-22/h2-16H,17H2,1H3,(H,29,30)/b28-16-. The third-order valence-electron chi connectivity index (χ3n) is 4.87. The molecule has 0 saturated heterocycles. The molecule has 0 aromatic heterocycles. The van der Waals surface area contributed by atoms with Gasteiger partial charge in [0.2, 0.25) is 0 Å². The fraction of sp³-hybridized carbons (Fsp3) is 0.0769. The molecule has 0 aliphatic carbocycles. The molecular formula is C26H21BrN2O3. The first-order valence-corrected chi connectivity index (χ1v) is 10.8. The van der Waals surface area contributed by atoms with Gasteiger partial charge in [-0.1, -0.05) is 60.7 Å². The fourth-order valence-electron chi connectivity index (χ4n) is 3.24. The van der Waals surface area contributed by atoms with Crippen LogP contribution in [-0.4, -0.2) is 19.2 Å². The zero-order valence-electron chi connectivity index (χ0n) is 17.4. The molecular weight excluding hydrogens is 468 g/mol. The van der Waals surface area contributed by atoms with E-state index in [0.717, 1.165) is 26.4 Å². The van der Waals surface area contributed by atoms with Crippen molar-refractivity contribution >= 4 is 38.8 Å². The normalized spacial score (nSPS) is 10.9. The molecule has 5 nitrogen and oxygen atoms in total. The molecule has 0 spiro atoms. The van der Waals surface area contributed by atoms with Crippen LogP contribution in [-0.2, 0) is 6.61 Å². The Hall–Kier alpha value is -3.64. The number of amides is 1. The van der Waals surface area contributed by atoms with Gasteiger partial charge in [-0.25, -0.2) is 5.43 Å². The molecule has 1 amide bonds. The van der Waals surface area contributed by atoms with Gasteiger partial charge in [-0.15, -0.1) is 0 Å². The molecule has 0 heterocycles. The molecule has 4 aromatic rings. The topological polar surface area (TPSA) is 59.9 Å². The van der Waals surface area contributed by atoms with Crippen molar-refractivity contribution in [2.24, 2.45) is 5.10 Å². The first-order valence-electron chi connectivity index (χ1n) is 10.0. The Morgan fingerprint density at radius 3 is 2.50 bits per heavy atom. The molecule has 0 aliphatic heterocycles. The van der Waals surface area contributed by atoms with Gasteiger partial charge >= 0.3 is 0 Å². The SMILES string of the molecule is COc1cc(/C=N\NC(=O)c2ccc3ccccc3c2)cc(Br)c1OCc1ccccc1. The third kappa shape index (κ3) is 5.15. The lowest BCUT2D eigenvalue weighted by molar-refractivity contribution is 0.0955. The van der Waals surface area contributed by atoms with Gasteiger partial charge in [0.15, 0.2) is 11.5 Å². The second-order valence-corrected chi connectivity index (χ2v) is 7.92. The summed E-state index contributed by atoms with van der Waals surface area (Å²) in [5.74, 6) is 0.896. The van der Waals surface area contributed by atoms with E-state index < -0.39 is 0 Å². The monoisotopic (exact) mass is 488 g/mol. The maximum atomic E-state index is 12.5. The van der Waals surface area contributed by atoms with E-state index in [1.165, 1.54) is 0 Å². The number of ether oxygens (including phenoxy) is 2. The first kappa shape index (κ1) is 21.6. The number of halogens is 1. The summed E-state index contributed by atoms with van der Waals surface area (Å²) in [7, 11) is 1.58. The first-order chi connectivity index (χ1) is 15.6. The van der Waals surface area contributed by atoms with Crippen molar-refractivity contribution in [2.75, 3.05) is 7.11 Å². The lowest BCUT2D eigenvalue weighted by Crippen LogP contribution is -2.17. The minimum atomic E-state index is -0.277. The lowest BCUT2D eigenvalue weighted by atomic mass is 10.1. The number of hydrazone groups is 1. The number of carbonyl (C=O) groups is 1. The molecule has 0 saturated carbocycles. The summed E-state index contributed by atoms with van der Waals surface area (Å²) in [6.07, 6.45) is 1.56. The Balaban J connectivity index is 1.44. The number of nitrogens with zero attached hydrogens (tertiary/aromatic N) is 1. The van der Waals surface area contributed by atoms with Gasteiger partial charge in [0.05, 0.1) is 17.8 Å². The Kier molecular flexibility index (Phi) is 6.82. The number of hydrogen-bond acceptors (Lipinski definition) is 4. The van der Waals surface area contributed by atoms with E-state index in [0.29, 0.717) is 23.7 Å². The van der Waals surface area contributed by atoms with Crippen molar-refractivity contribution in [1.82, 2.24) is 5.43 Å². The molecule has 4 aromatic carbocycles. The summed E-state index contributed by atoms with van der Waals surface area (Å²) in [5, 5.41) is 6.18. The molecule has 0 bridgehead atoms. The maximum absolute atomic E-state index is 12.5. The second kappa shape index (κ2) is 10.1. The van der Waals surface area contributed by atoms with Crippen LogP contribution in [0.15, 0.2) is 94.5 Å². The van der Waals surface area contributed by atoms with Crippen LogP contribution in [0.25, 0.3) is 10.8 Å². The largest absolute Gasteiger partial charge is 0.493 e. The van der Waals surface area contributed by atoms with Crippen LogP contribution in [0.5, 0.6) is 11.5 Å². The van der Waals surface area contributed by atoms with Gasteiger partial charge in [-0.05, 0) is 62.1 Å². The van der Waals surface area contributed by atoms with E-state index in [9.17, 15) is 4.79 Å². The molecule has 0 fully saturated rings. The van der Waals surface area contributed by atoms with Crippen molar-refractivity contribution in [1.29, 1.82) is 0 Å². The highest BCUT2D eigenvalue weighted by molar-refractivity contribution is 9.10. The Morgan fingerprint density at radius 1 is 0.969 bits per heavy atom. The summed E-state index contributed by atoms with van der Waals surface area (Å²) >= 11 is 3.54. The molecule has 160 valence electrons. The second-order valence-electron chi connectivity index (χ2n) is 7.07. The minimum Gasteiger partial charge on any atom is -0.493 e. The molecule has 4 rings (SSSR count). The van der Waals surface area contributed by atoms with Crippen molar-refractivity contribution < 1.29 is 14.3 Å². The summed E-state index contributed by atoms with van der Waals surface area (Å²) in [4.78, 5) is 12.5. The third-order valence-corrected chi connectivity index (χ3v) is 5.46. The Morgan fingerprint density at radius 2 is 1.72 bits per heavy atom. The molecule has 32 heavy (non-hydrogen) atoms. The highest BCUT2D eigenvalue weighted by atomic mass is 79.9. The van der Waals surface area contributed by atoms with Crippen LogP contribution in [0.1, 0.15) is 21.5 Å². The summed E-state index contributed by atoms with van der Waals surface area (Å²) in [6, 6.07) is 27.0. The summed E-state index contributed by atoms with van der Waals surface area (Å²) in [5.41, 5.74) is 4.93. The predicted molar refractivity (Wildman–Crippen MR) is 130 cm³/mol. The molecule has 0 radical (unpaired) electrons. The summed E-state index contributed by atoms with van der Waals surface area (Å²) < 4.78 is 12.2. The smallest absolute Gasteiger partial charge is 0.271 e. The van der Waals surface area contributed by atoms with Crippen LogP contribution in [0.3, 0.4) is 0 Å². The number of rotatable bonds is 7. The highest BCUT2D eigenvalue weighted by Crippen LogP contribution is 2.36. The quantitative estimate of drug-likeness (QED) is 0.258. The van der Waals surface area contributed by atoms with Gasteiger partial charge in [0.25, 0.3) is 5.91 Å². The van der Waals surface area contributed by atoms with Gasteiger partial charge in [0, 0.05) is 5.56 Å². The Labute approximate surface area is 194 Å². The van der Waals surface area contributed by atoms with E-state index >= 15 is 0 Å².